The van der Waals surface area contributed by atoms with Crippen molar-refractivity contribution in [3.05, 3.63) is 29.8 Å². The van der Waals surface area contributed by atoms with Crippen molar-refractivity contribution in [2.45, 2.75) is 43.9 Å². The van der Waals surface area contributed by atoms with E-state index in [4.69, 9.17) is 4.18 Å². The summed E-state index contributed by atoms with van der Waals surface area (Å²) in [6.07, 6.45) is 4.48. The lowest BCUT2D eigenvalue weighted by atomic mass is 9.90. The first-order valence-electron chi connectivity index (χ1n) is 6.54. The molecule has 1 aliphatic rings. The zero-order valence-corrected chi connectivity index (χ0v) is 11.8. The van der Waals surface area contributed by atoms with E-state index in [0.717, 1.165) is 37.7 Å². The molecule has 1 aromatic rings. The molecule has 0 atom stereocenters. The van der Waals surface area contributed by atoms with E-state index in [1.807, 2.05) is 6.92 Å². The first-order chi connectivity index (χ1) is 8.99. The van der Waals surface area contributed by atoms with Crippen LogP contribution in [0.2, 0.25) is 0 Å². The van der Waals surface area contributed by atoms with Crippen LogP contribution in [0.5, 0.6) is 0 Å². The average Bonchev–Trinajstić information content (AvgIpc) is 2.40. The van der Waals surface area contributed by atoms with Crippen LogP contribution in [0, 0.1) is 12.8 Å². The highest BCUT2D eigenvalue weighted by Gasteiger charge is 2.28. The van der Waals surface area contributed by atoms with Gasteiger partial charge in [0, 0.05) is 0 Å². The summed E-state index contributed by atoms with van der Waals surface area (Å²) in [5.74, 6) is -0.880. The summed E-state index contributed by atoms with van der Waals surface area (Å²) in [7, 11) is -3.98. The Morgan fingerprint density at radius 2 is 1.68 bits per heavy atom. The predicted molar refractivity (Wildman–Crippen MR) is 71.0 cm³/mol. The largest absolute Gasteiger partial charge is 0.342 e. The Bertz CT molecular complexity index is 539. The molecule has 1 saturated carbocycles. The molecule has 104 valence electrons. The average molecular weight is 282 g/mol. The van der Waals surface area contributed by atoms with Gasteiger partial charge in [-0.1, -0.05) is 37.0 Å². The SMILES string of the molecule is Cc1ccc(S(=O)(=O)OC(=O)C2CCCCC2)cc1. The monoisotopic (exact) mass is 282 g/mol. The molecule has 0 unspecified atom stereocenters. The Morgan fingerprint density at radius 3 is 2.26 bits per heavy atom. The normalized spacial score (nSPS) is 17.1. The van der Waals surface area contributed by atoms with Gasteiger partial charge in [0.2, 0.25) is 0 Å². The van der Waals surface area contributed by atoms with E-state index in [-0.39, 0.29) is 10.8 Å². The molecule has 0 N–H and O–H groups in total. The lowest BCUT2D eigenvalue weighted by Crippen LogP contribution is -2.23. The van der Waals surface area contributed by atoms with Crippen molar-refractivity contribution in [1.82, 2.24) is 0 Å². The zero-order chi connectivity index (χ0) is 13.9. The van der Waals surface area contributed by atoms with Crippen LogP contribution in [-0.2, 0) is 19.1 Å². The van der Waals surface area contributed by atoms with Crippen molar-refractivity contribution in [2.24, 2.45) is 5.92 Å². The van der Waals surface area contributed by atoms with E-state index in [0.29, 0.717) is 0 Å². The van der Waals surface area contributed by atoms with Gasteiger partial charge in [-0.25, -0.2) is 0 Å². The zero-order valence-electron chi connectivity index (χ0n) is 11.0. The Hall–Kier alpha value is -1.36. The van der Waals surface area contributed by atoms with Gasteiger partial charge >= 0.3 is 16.1 Å². The quantitative estimate of drug-likeness (QED) is 0.800. The van der Waals surface area contributed by atoms with Crippen LogP contribution >= 0.6 is 0 Å². The highest BCUT2D eigenvalue weighted by Crippen LogP contribution is 2.26. The summed E-state index contributed by atoms with van der Waals surface area (Å²) in [6.45, 7) is 1.87. The Morgan fingerprint density at radius 1 is 1.11 bits per heavy atom. The van der Waals surface area contributed by atoms with Crippen molar-refractivity contribution in [1.29, 1.82) is 0 Å². The number of aryl methyl sites for hydroxylation is 1. The molecule has 0 aliphatic heterocycles. The Labute approximate surface area is 113 Å². The summed E-state index contributed by atoms with van der Waals surface area (Å²) < 4.78 is 28.6. The number of carbonyl (C=O) groups is 1. The molecule has 0 saturated heterocycles. The first kappa shape index (κ1) is 14.1. The number of carbonyl (C=O) groups excluding carboxylic acids is 1. The molecule has 1 fully saturated rings. The number of rotatable bonds is 3. The van der Waals surface area contributed by atoms with Crippen LogP contribution in [0.1, 0.15) is 37.7 Å². The van der Waals surface area contributed by atoms with Gasteiger partial charge in [-0.05, 0) is 31.9 Å². The van der Waals surface area contributed by atoms with Crippen molar-refractivity contribution in [3.8, 4) is 0 Å². The van der Waals surface area contributed by atoms with Gasteiger partial charge in [0.05, 0.1) is 5.92 Å². The van der Waals surface area contributed by atoms with Gasteiger partial charge in [0.25, 0.3) is 0 Å². The third-order valence-corrected chi connectivity index (χ3v) is 4.67. The third-order valence-electron chi connectivity index (χ3n) is 3.44. The van der Waals surface area contributed by atoms with Crippen LogP contribution in [0.25, 0.3) is 0 Å². The molecule has 0 spiro atoms. The fourth-order valence-corrected chi connectivity index (χ4v) is 3.19. The fourth-order valence-electron chi connectivity index (χ4n) is 2.27. The van der Waals surface area contributed by atoms with E-state index in [1.165, 1.54) is 12.1 Å². The van der Waals surface area contributed by atoms with E-state index in [1.54, 1.807) is 12.1 Å². The van der Waals surface area contributed by atoms with Gasteiger partial charge in [0.1, 0.15) is 4.90 Å². The molecule has 0 aromatic heterocycles. The maximum absolute atomic E-state index is 12.0. The van der Waals surface area contributed by atoms with E-state index in [2.05, 4.69) is 0 Å². The van der Waals surface area contributed by atoms with Gasteiger partial charge in [-0.2, -0.15) is 8.42 Å². The molecule has 0 bridgehead atoms. The topological polar surface area (TPSA) is 60.4 Å². The second-order valence-corrected chi connectivity index (χ2v) is 6.55. The van der Waals surface area contributed by atoms with Gasteiger partial charge in [0.15, 0.2) is 0 Å². The molecule has 5 heteroatoms. The number of hydrogen-bond acceptors (Lipinski definition) is 4. The minimum Gasteiger partial charge on any atom is -0.342 e. The first-order valence-corrected chi connectivity index (χ1v) is 7.95. The molecule has 0 amide bonds. The van der Waals surface area contributed by atoms with Crippen molar-refractivity contribution in [2.75, 3.05) is 0 Å². The summed E-state index contributed by atoms with van der Waals surface area (Å²) in [5, 5.41) is 0. The van der Waals surface area contributed by atoms with Crippen LogP contribution in [0.3, 0.4) is 0 Å². The van der Waals surface area contributed by atoms with Crippen LogP contribution in [0.15, 0.2) is 29.2 Å². The molecule has 1 aliphatic carbocycles. The highest BCUT2D eigenvalue weighted by atomic mass is 32.2. The minimum absolute atomic E-state index is 0.0299. The van der Waals surface area contributed by atoms with Crippen molar-refractivity contribution in [3.63, 3.8) is 0 Å². The molecular weight excluding hydrogens is 264 g/mol. The Balaban J connectivity index is 2.08. The van der Waals surface area contributed by atoms with Gasteiger partial charge < -0.3 is 4.18 Å². The summed E-state index contributed by atoms with van der Waals surface area (Å²) in [4.78, 5) is 11.9. The second-order valence-electron chi connectivity index (χ2n) is 5.00. The molecule has 2 rings (SSSR count). The lowest BCUT2D eigenvalue weighted by Gasteiger charge is -2.19. The van der Waals surface area contributed by atoms with Crippen LogP contribution < -0.4 is 0 Å². The van der Waals surface area contributed by atoms with E-state index in [9.17, 15) is 13.2 Å². The summed E-state index contributed by atoms with van der Waals surface area (Å²) in [6, 6.07) is 6.28. The number of hydrogen-bond donors (Lipinski definition) is 0. The molecular formula is C14H18O4S. The molecule has 0 radical (unpaired) electrons. The van der Waals surface area contributed by atoms with E-state index < -0.39 is 16.1 Å². The minimum atomic E-state index is -3.98. The maximum Gasteiger partial charge on any atom is 0.341 e. The third kappa shape index (κ3) is 3.56. The highest BCUT2D eigenvalue weighted by molar-refractivity contribution is 7.87. The maximum atomic E-state index is 12.0. The molecule has 1 aromatic carbocycles. The predicted octanol–water partition coefficient (Wildman–Crippen LogP) is 2.81. The van der Waals surface area contributed by atoms with E-state index >= 15 is 0 Å². The van der Waals surface area contributed by atoms with Crippen molar-refractivity contribution < 1.29 is 17.4 Å². The number of benzene rings is 1. The van der Waals surface area contributed by atoms with Crippen LogP contribution in [0.4, 0.5) is 0 Å². The smallest absolute Gasteiger partial charge is 0.341 e. The van der Waals surface area contributed by atoms with Crippen LogP contribution in [-0.4, -0.2) is 14.4 Å². The second kappa shape index (κ2) is 5.74. The summed E-state index contributed by atoms with van der Waals surface area (Å²) >= 11 is 0. The lowest BCUT2D eigenvalue weighted by molar-refractivity contribution is -0.139. The fraction of sp³-hybridized carbons (Fsp3) is 0.500. The summed E-state index contributed by atoms with van der Waals surface area (Å²) in [5.41, 5.74) is 0.956. The molecule has 19 heavy (non-hydrogen) atoms. The molecule has 4 nitrogen and oxygen atoms in total. The van der Waals surface area contributed by atoms with Gasteiger partial charge in [-0.3, -0.25) is 4.79 Å². The standard InChI is InChI=1S/C14H18O4S/c1-11-7-9-13(10-8-11)19(16,17)18-14(15)12-5-3-2-4-6-12/h7-10,12H,2-6H2,1H3. The molecule has 0 heterocycles. The van der Waals surface area contributed by atoms with Gasteiger partial charge in [-0.15, -0.1) is 0 Å². The van der Waals surface area contributed by atoms with Crippen molar-refractivity contribution >= 4 is 16.1 Å². The Kier molecular flexibility index (Phi) is 4.24.